The van der Waals surface area contributed by atoms with Gasteiger partial charge in [0.05, 0.1) is 45.0 Å². The molecule has 0 saturated carbocycles. The maximum Gasteiger partial charge on any atom is 0.161 e. The van der Waals surface area contributed by atoms with Crippen LogP contribution in [-0.4, -0.2) is 58.1 Å². The zero-order valence-electron chi connectivity index (χ0n) is 13.0. The minimum atomic E-state index is -4.14. The highest BCUT2D eigenvalue weighted by Crippen LogP contribution is 2.28. The molecule has 1 aromatic carbocycles. The van der Waals surface area contributed by atoms with Gasteiger partial charge in [-0.2, -0.15) is 0 Å². The molecule has 0 aromatic heterocycles. The minimum absolute atomic E-state index is 0.319. The Morgan fingerprint density at radius 2 is 1.76 bits per heavy atom. The van der Waals surface area contributed by atoms with E-state index in [-0.39, 0.29) is 5.75 Å². The van der Waals surface area contributed by atoms with E-state index in [1.807, 2.05) is 32.3 Å². The average Bonchev–Trinajstić information content (AvgIpc) is 2.36. The van der Waals surface area contributed by atoms with Crippen molar-refractivity contribution in [1.82, 2.24) is 0 Å². The van der Waals surface area contributed by atoms with E-state index in [0.29, 0.717) is 35.5 Å². The first kappa shape index (κ1) is 17.7. The van der Waals surface area contributed by atoms with Crippen LogP contribution >= 0.6 is 0 Å². The second kappa shape index (κ2) is 7.11. The van der Waals surface area contributed by atoms with Gasteiger partial charge >= 0.3 is 0 Å². The minimum Gasteiger partial charge on any atom is -0.748 e. The van der Waals surface area contributed by atoms with Crippen molar-refractivity contribution in [3.05, 3.63) is 23.8 Å². The molecule has 7 heteroatoms. The number of nitrogens with zero attached hydrogens (tertiary/aromatic N) is 1. The van der Waals surface area contributed by atoms with Crippen molar-refractivity contribution >= 4 is 10.1 Å². The number of methoxy groups -OCH3 is 2. The van der Waals surface area contributed by atoms with Crippen LogP contribution in [0.3, 0.4) is 0 Å². The van der Waals surface area contributed by atoms with Gasteiger partial charge in [0.1, 0.15) is 6.54 Å². The zero-order chi connectivity index (χ0) is 16.1. The quantitative estimate of drug-likeness (QED) is 0.532. The molecule has 1 rings (SSSR count). The molecule has 0 aliphatic heterocycles. The van der Waals surface area contributed by atoms with Gasteiger partial charge in [0.15, 0.2) is 11.5 Å². The van der Waals surface area contributed by atoms with Gasteiger partial charge in [-0.15, -0.1) is 0 Å². The Morgan fingerprint density at radius 1 is 1.14 bits per heavy atom. The van der Waals surface area contributed by atoms with Crippen LogP contribution in [0.5, 0.6) is 11.5 Å². The number of hydrogen-bond acceptors (Lipinski definition) is 5. The molecule has 0 heterocycles. The van der Waals surface area contributed by atoms with Crippen molar-refractivity contribution in [2.75, 3.05) is 40.6 Å². The topological polar surface area (TPSA) is 75.7 Å². The second-order valence-electron chi connectivity index (χ2n) is 5.62. The molecule has 0 spiro atoms. The molecule has 6 nitrogen and oxygen atoms in total. The summed E-state index contributed by atoms with van der Waals surface area (Å²) in [5, 5.41) is 0. The summed E-state index contributed by atoms with van der Waals surface area (Å²) in [6.07, 6.45) is 0.353. The SMILES string of the molecule is COc1ccc(C[N+](C)(C)CCCS(=O)(=O)[O-])cc1OC. The Labute approximate surface area is 126 Å². The third kappa shape index (κ3) is 6.33. The molecular formula is C14H23NO5S. The van der Waals surface area contributed by atoms with Crippen LogP contribution in [0.2, 0.25) is 0 Å². The predicted molar refractivity (Wildman–Crippen MR) is 79.4 cm³/mol. The lowest BCUT2D eigenvalue weighted by molar-refractivity contribution is -0.903. The molecule has 21 heavy (non-hydrogen) atoms. The van der Waals surface area contributed by atoms with Gasteiger partial charge < -0.3 is 18.5 Å². The van der Waals surface area contributed by atoms with Crippen LogP contribution in [0.1, 0.15) is 12.0 Å². The summed E-state index contributed by atoms with van der Waals surface area (Å²) >= 11 is 0. The summed E-state index contributed by atoms with van der Waals surface area (Å²) in [5.41, 5.74) is 1.06. The third-order valence-electron chi connectivity index (χ3n) is 3.22. The fourth-order valence-corrected chi connectivity index (χ4v) is 2.70. The van der Waals surface area contributed by atoms with E-state index in [9.17, 15) is 13.0 Å². The summed E-state index contributed by atoms with van der Waals surface area (Å²) < 4.78 is 43.0. The molecule has 0 saturated heterocycles. The molecule has 0 atom stereocenters. The van der Waals surface area contributed by atoms with Crippen molar-refractivity contribution in [1.29, 1.82) is 0 Å². The molecule has 120 valence electrons. The fourth-order valence-electron chi connectivity index (χ4n) is 2.22. The highest BCUT2D eigenvalue weighted by atomic mass is 32.2. The Hall–Kier alpha value is -1.31. The number of quaternary nitrogens is 1. The summed E-state index contributed by atoms with van der Waals surface area (Å²) in [6, 6.07) is 5.70. The second-order valence-corrected chi connectivity index (χ2v) is 7.15. The Morgan fingerprint density at radius 3 is 2.29 bits per heavy atom. The van der Waals surface area contributed by atoms with Crippen LogP contribution in [0.4, 0.5) is 0 Å². The lowest BCUT2D eigenvalue weighted by atomic mass is 10.1. The first-order chi connectivity index (χ1) is 9.67. The summed E-state index contributed by atoms with van der Waals surface area (Å²) in [7, 11) is 3.02. The lowest BCUT2D eigenvalue weighted by Gasteiger charge is -2.30. The number of hydrogen-bond donors (Lipinski definition) is 0. The van der Waals surface area contributed by atoms with Gasteiger partial charge in [0.2, 0.25) is 0 Å². The van der Waals surface area contributed by atoms with Crippen LogP contribution in [0.25, 0.3) is 0 Å². The Bertz CT molecular complexity index is 569. The molecule has 0 fully saturated rings. The van der Waals surface area contributed by atoms with E-state index in [2.05, 4.69) is 0 Å². The van der Waals surface area contributed by atoms with Gasteiger partial charge in [0.25, 0.3) is 0 Å². The molecule has 0 unspecified atom stereocenters. The van der Waals surface area contributed by atoms with Gasteiger partial charge in [-0.25, -0.2) is 8.42 Å². The molecule has 0 aliphatic carbocycles. The predicted octanol–water partition coefficient (Wildman–Crippen LogP) is 1.22. The van der Waals surface area contributed by atoms with E-state index < -0.39 is 10.1 Å². The average molecular weight is 317 g/mol. The van der Waals surface area contributed by atoms with E-state index in [1.54, 1.807) is 14.2 Å². The van der Waals surface area contributed by atoms with Gasteiger partial charge in [-0.3, -0.25) is 0 Å². The van der Waals surface area contributed by atoms with Crippen molar-refractivity contribution in [2.45, 2.75) is 13.0 Å². The lowest BCUT2D eigenvalue weighted by Crippen LogP contribution is -2.40. The van der Waals surface area contributed by atoms with Crippen molar-refractivity contribution in [2.24, 2.45) is 0 Å². The van der Waals surface area contributed by atoms with E-state index in [0.717, 1.165) is 5.56 Å². The molecular weight excluding hydrogens is 294 g/mol. The first-order valence-electron chi connectivity index (χ1n) is 6.63. The summed E-state index contributed by atoms with van der Waals surface area (Å²) in [4.78, 5) is 0. The Kier molecular flexibility index (Phi) is 6.00. The molecule has 0 aliphatic rings. The summed E-state index contributed by atoms with van der Waals surface area (Å²) in [5.74, 6) is 1.02. The number of ether oxygens (including phenoxy) is 2. The van der Waals surface area contributed by atoms with E-state index in [4.69, 9.17) is 9.47 Å². The fraction of sp³-hybridized carbons (Fsp3) is 0.571. The van der Waals surface area contributed by atoms with Crippen LogP contribution in [0.15, 0.2) is 18.2 Å². The normalized spacial score (nSPS) is 12.2. The number of rotatable bonds is 8. The van der Waals surface area contributed by atoms with Gasteiger partial charge in [-0.1, -0.05) is 0 Å². The van der Waals surface area contributed by atoms with Crippen molar-refractivity contribution in [3.63, 3.8) is 0 Å². The maximum atomic E-state index is 10.6. The molecule has 0 N–H and O–H groups in total. The van der Waals surface area contributed by atoms with Gasteiger partial charge in [-0.05, 0) is 18.2 Å². The first-order valence-corrected chi connectivity index (χ1v) is 8.21. The molecule has 0 radical (unpaired) electrons. The van der Waals surface area contributed by atoms with Crippen molar-refractivity contribution < 1.29 is 26.9 Å². The largest absolute Gasteiger partial charge is 0.748 e. The van der Waals surface area contributed by atoms with Crippen LogP contribution in [0, 0.1) is 0 Å². The molecule has 1 aromatic rings. The third-order valence-corrected chi connectivity index (χ3v) is 4.01. The monoisotopic (exact) mass is 317 g/mol. The Balaban J connectivity index is 2.70. The van der Waals surface area contributed by atoms with E-state index in [1.165, 1.54) is 0 Å². The highest BCUT2D eigenvalue weighted by Gasteiger charge is 2.17. The smallest absolute Gasteiger partial charge is 0.161 e. The number of benzene rings is 1. The van der Waals surface area contributed by atoms with Crippen LogP contribution < -0.4 is 9.47 Å². The van der Waals surface area contributed by atoms with Crippen LogP contribution in [-0.2, 0) is 16.7 Å². The standard InChI is InChI=1S/C14H23NO5S/c1-15(2,8-5-9-21(16,17)18)11-12-6-7-13(19-3)14(10-12)20-4/h6-7,10H,5,8-9,11H2,1-4H3. The maximum absolute atomic E-state index is 10.6. The zero-order valence-corrected chi connectivity index (χ0v) is 13.8. The highest BCUT2D eigenvalue weighted by molar-refractivity contribution is 7.85. The van der Waals surface area contributed by atoms with Gasteiger partial charge in [0, 0.05) is 17.7 Å². The van der Waals surface area contributed by atoms with E-state index >= 15 is 0 Å². The van der Waals surface area contributed by atoms with Crippen molar-refractivity contribution in [3.8, 4) is 11.5 Å². The molecule has 0 amide bonds. The summed E-state index contributed by atoms with van der Waals surface area (Å²) in [6.45, 7) is 1.31. The molecule has 0 bridgehead atoms.